The fraction of sp³-hybridized carbons (Fsp3) is 0.125. The van der Waals surface area contributed by atoms with Gasteiger partial charge in [-0.25, -0.2) is 4.79 Å². The molecule has 0 amide bonds. The molecule has 21 heavy (non-hydrogen) atoms. The molecule has 5 heteroatoms. The lowest BCUT2D eigenvalue weighted by Gasteiger charge is -2.11. The lowest BCUT2D eigenvalue weighted by Crippen LogP contribution is -2.09. The highest BCUT2D eigenvalue weighted by Gasteiger charge is 2.16. The second kappa shape index (κ2) is 5.33. The van der Waals surface area contributed by atoms with Gasteiger partial charge in [0.1, 0.15) is 5.56 Å². The number of ether oxygens (including phenoxy) is 1. The number of carbonyl (C=O) groups is 1. The summed E-state index contributed by atoms with van der Waals surface area (Å²) in [5.41, 5.74) is 7.62. The van der Waals surface area contributed by atoms with Crippen LogP contribution in [0.1, 0.15) is 17.3 Å². The SMILES string of the molecule is CCOC(=O)c1cnc2c(cc(Br)c3ccccc32)c1N. The van der Waals surface area contributed by atoms with Gasteiger partial charge in [-0.1, -0.05) is 40.2 Å². The zero-order chi connectivity index (χ0) is 15.0. The largest absolute Gasteiger partial charge is 0.462 e. The van der Waals surface area contributed by atoms with E-state index in [1.807, 2.05) is 30.3 Å². The molecule has 0 spiro atoms. The van der Waals surface area contributed by atoms with Crippen molar-refractivity contribution in [1.82, 2.24) is 4.98 Å². The Balaban J connectivity index is 2.34. The Morgan fingerprint density at radius 1 is 1.29 bits per heavy atom. The highest BCUT2D eigenvalue weighted by molar-refractivity contribution is 9.10. The van der Waals surface area contributed by atoms with Crippen LogP contribution in [0.25, 0.3) is 21.7 Å². The lowest BCUT2D eigenvalue weighted by molar-refractivity contribution is 0.0527. The monoisotopic (exact) mass is 344 g/mol. The molecule has 0 unspecified atom stereocenters. The van der Waals surface area contributed by atoms with E-state index in [-0.39, 0.29) is 0 Å². The smallest absolute Gasteiger partial charge is 0.341 e. The van der Waals surface area contributed by atoms with E-state index in [0.29, 0.717) is 17.9 Å². The molecule has 0 saturated carbocycles. The summed E-state index contributed by atoms with van der Waals surface area (Å²) in [6.45, 7) is 2.06. The van der Waals surface area contributed by atoms with Crippen molar-refractivity contribution in [3.05, 3.63) is 46.6 Å². The third-order valence-corrected chi connectivity index (χ3v) is 4.02. The molecule has 0 bridgehead atoms. The zero-order valence-corrected chi connectivity index (χ0v) is 13.0. The Morgan fingerprint density at radius 3 is 2.71 bits per heavy atom. The number of rotatable bonds is 2. The number of pyridine rings is 1. The minimum absolute atomic E-state index is 0.298. The first kappa shape index (κ1) is 13.8. The summed E-state index contributed by atoms with van der Waals surface area (Å²) in [6, 6.07) is 9.80. The van der Waals surface area contributed by atoms with Crippen molar-refractivity contribution >= 4 is 49.3 Å². The van der Waals surface area contributed by atoms with Gasteiger partial charge in [0.25, 0.3) is 0 Å². The molecule has 0 aliphatic heterocycles. The van der Waals surface area contributed by atoms with Crippen molar-refractivity contribution < 1.29 is 9.53 Å². The van der Waals surface area contributed by atoms with Crippen molar-refractivity contribution in [3.8, 4) is 0 Å². The average Bonchev–Trinajstić information content (AvgIpc) is 2.49. The number of nitrogens with two attached hydrogens (primary N) is 1. The number of aromatic nitrogens is 1. The van der Waals surface area contributed by atoms with Crippen molar-refractivity contribution in [2.45, 2.75) is 6.92 Å². The molecule has 0 aliphatic carbocycles. The van der Waals surface area contributed by atoms with Crippen molar-refractivity contribution in [2.24, 2.45) is 0 Å². The second-order valence-electron chi connectivity index (χ2n) is 4.61. The van der Waals surface area contributed by atoms with E-state index >= 15 is 0 Å². The van der Waals surface area contributed by atoms with Crippen molar-refractivity contribution in [3.63, 3.8) is 0 Å². The number of nitrogen functional groups attached to an aromatic ring is 1. The molecule has 3 aromatic rings. The van der Waals surface area contributed by atoms with Gasteiger partial charge in [-0.15, -0.1) is 0 Å². The molecule has 2 aromatic carbocycles. The number of hydrogen-bond acceptors (Lipinski definition) is 4. The van der Waals surface area contributed by atoms with Gasteiger partial charge >= 0.3 is 5.97 Å². The molecule has 1 aromatic heterocycles. The van der Waals surface area contributed by atoms with Gasteiger partial charge in [-0.2, -0.15) is 0 Å². The van der Waals surface area contributed by atoms with Gasteiger partial charge < -0.3 is 10.5 Å². The van der Waals surface area contributed by atoms with Gasteiger partial charge in [-0.3, -0.25) is 4.98 Å². The van der Waals surface area contributed by atoms with Crippen LogP contribution in [0.4, 0.5) is 5.69 Å². The highest BCUT2D eigenvalue weighted by atomic mass is 79.9. The van der Waals surface area contributed by atoms with E-state index in [2.05, 4.69) is 20.9 Å². The summed E-state index contributed by atoms with van der Waals surface area (Å²) in [6.07, 6.45) is 1.48. The fourth-order valence-electron chi connectivity index (χ4n) is 2.38. The van der Waals surface area contributed by atoms with Crippen molar-refractivity contribution in [2.75, 3.05) is 12.3 Å². The number of anilines is 1. The first-order valence-corrected chi connectivity index (χ1v) is 7.35. The van der Waals surface area contributed by atoms with Gasteiger partial charge in [-0.05, 0) is 18.4 Å². The Kier molecular flexibility index (Phi) is 3.51. The van der Waals surface area contributed by atoms with Crippen LogP contribution in [-0.4, -0.2) is 17.6 Å². The number of nitrogens with zero attached hydrogens (tertiary/aromatic N) is 1. The molecule has 0 radical (unpaired) electrons. The van der Waals surface area contributed by atoms with Crippen LogP contribution in [0.3, 0.4) is 0 Å². The number of halogens is 1. The molecule has 0 atom stereocenters. The zero-order valence-electron chi connectivity index (χ0n) is 11.4. The summed E-state index contributed by atoms with van der Waals surface area (Å²) >= 11 is 3.54. The summed E-state index contributed by atoms with van der Waals surface area (Å²) in [5, 5.41) is 2.79. The van der Waals surface area contributed by atoms with E-state index in [1.165, 1.54) is 6.20 Å². The Hall–Kier alpha value is -2.14. The summed E-state index contributed by atoms with van der Waals surface area (Å²) in [7, 11) is 0. The van der Waals surface area contributed by atoms with Crippen LogP contribution in [0.2, 0.25) is 0 Å². The maximum Gasteiger partial charge on any atom is 0.341 e. The molecule has 3 rings (SSSR count). The first-order chi connectivity index (χ1) is 10.1. The van der Waals surface area contributed by atoms with E-state index in [1.54, 1.807) is 6.92 Å². The van der Waals surface area contributed by atoms with Crippen LogP contribution in [0.5, 0.6) is 0 Å². The summed E-state index contributed by atoms with van der Waals surface area (Å²) in [5.74, 6) is -0.450. The normalized spacial score (nSPS) is 11.0. The first-order valence-electron chi connectivity index (χ1n) is 6.56. The quantitative estimate of drug-likeness (QED) is 0.565. The van der Waals surface area contributed by atoms with E-state index in [0.717, 1.165) is 26.1 Å². The van der Waals surface area contributed by atoms with Gasteiger partial charge in [0, 0.05) is 21.4 Å². The molecular formula is C16H13BrN2O2. The minimum Gasteiger partial charge on any atom is -0.462 e. The van der Waals surface area contributed by atoms with Gasteiger partial charge in [0.05, 0.1) is 17.8 Å². The molecule has 2 N–H and O–H groups in total. The van der Waals surface area contributed by atoms with E-state index in [4.69, 9.17) is 10.5 Å². The minimum atomic E-state index is -0.450. The van der Waals surface area contributed by atoms with Crippen LogP contribution in [-0.2, 0) is 4.74 Å². The Labute approximate surface area is 130 Å². The number of fused-ring (bicyclic) bond motifs is 3. The molecule has 106 valence electrons. The maximum absolute atomic E-state index is 11.9. The molecule has 0 saturated heterocycles. The number of benzene rings is 2. The molecule has 0 fully saturated rings. The number of carbonyl (C=O) groups excluding carboxylic acids is 1. The lowest BCUT2D eigenvalue weighted by atomic mass is 10.0. The molecule has 0 aliphatic rings. The van der Waals surface area contributed by atoms with Crippen LogP contribution in [0.15, 0.2) is 41.0 Å². The van der Waals surface area contributed by atoms with Crippen LogP contribution >= 0.6 is 15.9 Å². The second-order valence-corrected chi connectivity index (χ2v) is 5.46. The van der Waals surface area contributed by atoms with Crippen molar-refractivity contribution in [1.29, 1.82) is 0 Å². The molecule has 4 nitrogen and oxygen atoms in total. The predicted molar refractivity (Wildman–Crippen MR) is 87.3 cm³/mol. The molecular weight excluding hydrogens is 332 g/mol. The van der Waals surface area contributed by atoms with E-state index in [9.17, 15) is 4.79 Å². The maximum atomic E-state index is 11.9. The van der Waals surface area contributed by atoms with Crippen LogP contribution in [0, 0.1) is 0 Å². The Bertz CT molecular complexity index is 862. The third kappa shape index (κ3) is 2.23. The van der Waals surface area contributed by atoms with E-state index < -0.39 is 5.97 Å². The summed E-state index contributed by atoms with van der Waals surface area (Å²) < 4.78 is 5.92. The summed E-state index contributed by atoms with van der Waals surface area (Å²) in [4.78, 5) is 16.3. The number of hydrogen-bond donors (Lipinski definition) is 1. The number of esters is 1. The highest BCUT2D eigenvalue weighted by Crippen LogP contribution is 2.34. The predicted octanol–water partition coefficient (Wildman–Crippen LogP) is 3.91. The standard InChI is InChI=1S/C16H13BrN2O2/c1-2-21-16(20)12-8-19-15-10-6-4-3-5-9(10)13(17)7-11(15)14(12)18/h3-8H,2H2,1H3,(H2,18,19). The third-order valence-electron chi connectivity index (χ3n) is 3.36. The topological polar surface area (TPSA) is 65.2 Å². The van der Waals surface area contributed by atoms with Gasteiger partial charge in [0.2, 0.25) is 0 Å². The van der Waals surface area contributed by atoms with Crippen LogP contribution < -0.4 is 5.73 Å². The van der Waals surface area contributed by atoms with Gasteiger partial charge in [0.15, 0.2) is 0 Å². The average molecular weight is 345 g/mol. The molecule has 1 heterocycles. The Morgan fingerprint density at radius 2 is 2.00 bits per heavy atom. The fourth-order valence-corrected chi connectivity index (χ4v) is 2.95.